The van der Waals surface area contributed by atoms with E-state index in [0.29, 0.717) is 0 Å². The van der Waals surface area contributed by atoms with Crippen molar-refractivity contribution in [3.05, 3.63) is 182 Å². The Bertz CT molecular complexity index is 3210. The fourth-order valence-electron chi connectivity index (χ4n) is 9.11. The maximum Gasteiger partial charge on any atom is 0.135 e. The van der Waals surface area contributed by atoms with Crippen LogP contribution in [0.1, 0.15) is 0 Å². The minimum atomic E-state index is 0.882. The molecule has 0 saturated carbocycles. The molecule has 10 aromatic carbocycles. The summed E-state index contributed by atoms with van der Waals surface area (Å²) in [5.41, 5.74) is 11.8. The zero-order chi connectivity index (χ0) is 35.3. The van der Waals surface area contributed by atoms with Crippen molar-refractivity contribution in [2.45, 2.75) is 0 Å². The van der Waals surface area contributed by atoms with E-state index in [2.05, 4.69) is 176 Å². The molecule has 12 rings (SSSR count). The number of fused-ring (bicyclic) bond motifs is 6. The van der Waals surface area contributed by atoms with Gasteiger partial charge in [0.05, 0.1) is 0 Å². The highest BCUT2D eigenvalue weighted by atomic mass is 16.5. The van der Waals surface area contributed by atoms with Crippen LogP contribution in [-0.2, 0) is 0 Å². The van der Waals surface area contributed by atoms with Crippen LogP contribution in [0.2, 0.25) is 0 Å². The van der Waals surface area contributed by atoms with E-state index in [4.69, 9.17) is 9.47 Å². The molecule has 0 saturated heterocycles. The van der Waals surface area contributed by atoms with Gasteiger partial charge in [0.25, 0.3) is 0 Å². The first kappa shape index (κ1) is 29.4. The first-order valence-corrected chi connectivity index (χ1v) is 18.5. The van der Waals surface area contributed by atoms with Gasteiger partial charge in [-0.3, -0.25) is 0 Å². The zero-order valence-electron chi connectivity index (χ0n) is 29.1. The summed E-state index contributed by atoms with van der Waals surface area (Å²) in [5.74, 6) is 3.58. The van der Waals surface area contributed by atoms with E-state index in [0.717, 1.165) is 45.1 Å². The van der Waals surface area contributed by atoms with Crippen LogP contribution in [0, 0.1) is 0 Å². The van der Waals surface area contributed by atoms with E-state index in [1.165, 1.54) is 76.6 Å². The van der Waals surface area contributed by atoms with Crippen molar-refractivity contribution in [2.24, 2.45) is 0 Å². The van der Waals surface area contributed by atoms with Crippen LogP contribution >= 0.6 is 0 Å². The summed E-state index contributed by atoms with van der Waals surface area (Å²) in [5, 5.41) is 9.57. The molecule has 2 nitrogen and oxygen atoms in total. The third-order valence-electron chi connectivity index (χ3n) is 11.5. The van der Waals surface area contributed by atoms with E-state index in [1.807, 2.05) is 6.07 Å². The van der Waals surface area contributed by atoms with Crippen molar-refractivity contribution in [1.29, 1.82) is 0 Å². The normalized spacial score (nSPS) is 12.4. The molecule has 0 fully saturated rings. The smallest absolute Gasteiger partial charge is 0.135 e. The van der Waals surface area contributed by atoms with Crippen molar-refractivity contribution in [3.63, 3.8) is 0 Å². The SMILES string of the molecule is c1ccc(-c2c3cccc(-c4ccc5c(c4)Oc4cccc6cccc-5c46)c3cc3c(-c4ccc5c6c(cccc46)Oc4ccccc4-5)cccc23)cc1. The summed E-state index contributed by atoms with van der Waals surface area (Å²) < 4.78 is 13.1. The van der Waals surface area contributed by atoms with E-state index >= 15 is 0 Å². The summed E-state index contributed by atoms with van der Waals surface area (Å²) in [6.45, 7) is 0. The van der Waals surface area contributed by atoms with Gasteiger partial charge in [-0.1, -0.05) is 146 Å². The quantitative estimate of drug-likeness (QED) is 0.172. The van der Waals surface area contributed by atoms with Gasteiger partial charge in [0.1, 0.15) is 23.0 Å². The summed E-state index contributed by atoms with van der Waals surface area (Å²) in [7, 11) is 0. The second kappa shape index (κ2) is 11.2. The van der Waals surface area contributed by atoms with Crippen molar-refractivity contribution in [3.8, 4) is 78.6 Å². The average molecular weight is 687 g/mol. The van der Waals surface area contributed by atoms with Gasteiger partial charge in [-0.15, -0.1) is 0 Å². The van der Waals surface area contributed by atoms with Crippen LogP contribution in [0.25, 0.3) is 98.7 Å². The highest BCUT2D eigenvalue weighted by Gasteiger charge is 2.24. The molecule has 0 aliphatic carbocycles. The fourth-order valence-corrected chi connectivity index (χ4v) is 9.11. The van der Waals surface area contributed by atoms with E-state index in [-0.39, 0.29) is 0 Å². The first-order valence-electron chi connectivity index (χ1n) is 18.5. The second-order valence-electron chi connectivity index (χ2n) is 14.3. The van der Waals surface area contributed by atoms with Crippen LogP contribution in [0.4, 0.5) is 0 Å². The lowest BCUT2D eigenvalue weighted by atomic mass is 9.84. The van der Waals surface area contributed by atoms with Gasteiger partial charge >= 0.3 is 0 Å². The minimum Gasteiger partial charge on any atom is -0.456 e. The molecule has 0 atom stereocenters. The van der Waals surface area contributed by atoms with Gasteiger partial charge in [0.2, 0.25) is 0 Å². The Balaban J connectivity index is 1.12. The molecule has 0 amide bonds. The van der Waals surface area contributed by atoms with Crippen molar-refractivity contribution < 1.29 is 9.47 Å². The van der Waals surface area contributed by atoms with Gasteiger partial charge in [-0.2, -0.15) is 0 Å². The standard InChI is InChI=1S/C52H30O2/c1-2-11-31(12-3-1)50-41-19-8-16-34(33-25-26-38-40-18-6-13-32-14-7-23-47(51(32)40)54-49(38)29-33)44(41)30-45-35(17-9-20-42(45)50)36-27-28-43-37-15-4-5-22-46(37)53-48-24-10-21-39(36)52(43)48/h1-30H. The van der Waals surface area contributed by atoms with Gasteiger partial charge in [-0.05, 0) is 113 Å². The largest absolute Gasteiger partial charge is 0.456 e. The number of benzene rings is 10. The topological polar surface area (TPSA) is 18.5 Å². The lowest BCUT2D eigenvalue weighted by Gasteiger charge is -2.23. The molecular weight excluding hydrogens is 657 g/mol. The third kappa shape index (κ3) is 4.17. The number of hydrogen-bond acceptors (Lipinski definition) is 2. The molecule has 2 aliphatic heterocycles. The molecule has 54 heavy (non-hydrogen) atoms. The molecular formula is C52H30O2. The van der Waals surface area contributed by atoms with Gasteiger partial charge in [0, 0.05) is 21.9 Å². The number of ether oxygens (including phenoxy) is 2. The Morgan fingerprint density at radius 1 is 0.259 bits per heavy atom. The Morgan fingerprint density at radius 2 is 0.796 bits per heavy atom. The highest BCUT2D eigenvalue weighted by molar-refractivity contribution is 6.21. The summed E-state index contributed by atoms with van der Waals surface area (Å²) in [4.78, 5) is 0. The van der Waals surface area contributed by atoms with E-state index in [1.54, 1.807) is 0 Å². The number of hydrogen-bond donors (Lipinski definition) is 0. The predicted octanol–water partition coefficient (Wildman–Crippen LogP) is 14.8. The maximum absolute atomic E-state index is 6.65. The molecule has 2 aliphatic rings. The lowest BCUT2D eigenvalue weighted by Crippen LogP contribution is -1.98. The van der Waals surface area contributed by atoms with Crippen LogP contribution in [0.15, 0.2) is 182 Å². The van der Waals surface area contributed by atoms with Gasteiger partial charge in [0.15, 0.2) is 0 Å². The zero-order valence-corrected chi connectivity index (χ0v) is 29.1. The minimum absolute atomic E-state index is 0.882. The molecule has 0 radical (unpaired) electrons. The number of para-hydroxylation sites is 1. The molecule has 250 valence electrons. The van der Waals surface area contributed by atoms with Gasteiger partial charge < -0.3 is 9.47 Å². The first-order chi connectivity index (χ1) is 26.8. The molecule has 0 N–H and O–H groups in total. The maximum atomic E-state index is 6.65. The van der Waals surface area contributed by atoms with Crippen LogP contribution < -0.4 is 9.47 Å². The molecule has 0 spiro atoms. The lowest BCUT2D eigenvalue weighted by molar-refractivity contribution is 0.487. The molecule has 0 unspecified atom stereocenters. The molecule has 10 aromatic rings. The Morgan fingerprint density at radius 3 is 1.67 bits per heavy atom. The van der Waals surface area contributed by atoms with E-state index in [9.17, 15) is 0 Å². The van der Waals surface area contributed by atoms with E-state index < -0.39 is 0 Å². The molecule has 2 heteroatoms. The molecule has 0 bridgehead atoms. The summed E-state index contributed by atoms with van der Waals surface area (Å²) in [6.07, 6.45) is 0. The highest BCUT2D eigenvalue weighted by Crippen LogP contribution is 2.51. The Hall–Kier alpha value is -7.16. The average Bonchev–Trinajstić information content (AvgIpc) is 3.23. The second-order valence-corrected chi connectivity index (χ2v) is 14.3. The third-order valence-corrected chi connectivity index (χ3v) is 11.5. The van der Waals surface area contributed by atoms with Crippen molar-refractivity contribution in [2.75, 3.05) is 0 Å². The fraction of sp³-hybridized carbons (Fsp3) is 0. The molecule has 0 aromatic heterocycles. The Labute approximate surface area is 312 Å². The Kier molecular flexibility index (Phi) is 6.09. The summed E-state index contributed by atoms with van der Waals surface area (Å²) in [6, 6.07) is 65.6. The monoisotopic (exact) mass is 686 g/mol. The van der Waals surface area contributed by atoms with Crippen LogP contribution in [0.5, 0.6) is 23.0 Å². The van der Waals surface area contributed by atoms with Gasteiger partial charge in [-0.25, -0.2) is 0 Å². The van der Waals surface area contributed by atoms with Crippen LogP contribution in [-0.4, -0.2) is 0 Å². The number of rotatable bonds is 3. The summed E-state index contributed by atoms with van der Waals surface area (Å²) >= 11 is 0. The van der Waals surface area contributed by atoms with Crippen molar-refractivity contribution in [1.82, 2.24) is 0 Å². The molecule has 2 heterocycles. The predicted molar refractivity (Wildman–Crippen MR) is 224 cm³/mol. The van der Waals surface area contributed by atoms with Crippen molar-refractivity contribution >= 4 is 43.1 Å². The van der Waals surface area contributed by atoms with Crippen LogP contribution in [0.3, 0.4) is 0 Å².